The van der Waals surface area contributed by atoms with Crippen molar-refractivity contribution in [1.29, 1.82) is 0 Å². The SMILES string of the molecule is C=C1CC2CC[C@@]34C[C@H]5O[C@H]6[C@@H](O3)[C@H]3O[C@H](CC[C@@H]3O[C@H]6[C@H]5O4)CC(=O)O[C@H]3C(C[C@H]4O[C@@H](CCC1O2)C[C@@H](C)C4=C)OC1C[C@@H](O)C(CCO)OC1[C@@H]3C. The molecule has 12 bridgehead atoms. The maximum Gasteiger partial charge on any atom is 0.308 e. The third kappa shape index (κ3) is 6.79. The molecule has 2 N–H and O–H groups in total. The molecule has 0 saturated carbocycles. The molecule has 21 atom stereocenters. The standard InChI is InChI=1S/C42H60O13/c1-19-13-23-5-7-27-20(2)14-25(46-27)9-11-42-18-33-38(54-42)39-40(52-33)41(55-42)37-29(51-39)8-6-24(48-37)15-34(45)53-36-22(4)35-31(16-26(44)28(50-35)10-12-43)49-32(36)17-30(47-23)21(19)3/h19,22-33,35-41,43-44H,2-3,5-18H2,1,4H3/t19-,22+,23+,24-,25?,26-,27?,28?,29+,30-,31?,32?,33-,35?,36-,37+,38+,39+,40-,41+,42+/m1/s1. The Hall–Kier alpha value is -1.49. The normalized spacial score (nSPS) is 54.9. The van der Waals surface area contributed by atoms with Gasteiger partial charge < -0.3 is 57.6 Å². The highest BCUT2D eigenvalue weighted by Gasteiger charge is 2.69. The zero-order chi connectivity index (χ0) is 37.7. The Morgan fingerprint density at radius 3 is 2.27 bits per heavy atom. The zero-order valence-corrected chi connectivity index (χ0v) is 32.2. The molecule has 11 heterocycles. The summed E-state index contributed by atoms with van der Waals surface area (Å²) < 4.78 is 66.9. The Morgan fingerprint density at radius 2 is 1.42 bits per heavy atom. The van der Waals surface area contributed by atoms with Crippen LogP contribution < -0.4 is 0 Å². The number of fused-ring (bicyclic) bond motifs is 7. The van der Waals surface area contributed by atoms with Crippen molar-refractivity contribution in [2.75, 3.05) is 6.61 Å². The first-order valence-corrected chi connectivity index (χ1v) is 21.3. The lowest BCUT2D eigenvalue weighted by molar-refractivity contribution is -0.293. The predicted octanol–water partition coefficient (Wildman–Crippen LogP) is 3.59. The molecule has 0 amide bonds. The van der Waals surface area contributed by atoms with Crippen LogP contribution in [0.3, 0.4) is 0 Å². The van der Waals surface area contributed by atoms with Crippen molar-refractivity contribution in [3.8, 4) is 0 Å². The van der Waals surface area contributed by atoms with Crippen molar-refractivity contribution in [1.82, 2.24) is 0 Å². The second-order valence-electron chi connectivity index (χ2n) is 18.5. The summed E-state index contributed by atoms with van der Waals surface area (Å²) in [5, 5.41) is 20.6. The van der Waals surface area contributed by atoms with E-state index in [1.807, 2.05) is 6.92 Å². The smallest absolute Gasteiger partial charge is 0.308 e. The first kappa shape index (κ1) is 37.8. The number of aliphatic hydroxyl groups excluding tert-OH is 2. The number of aliphatic hydroxyl groups is 2. The summed E-state index contributed by atoms with van der Waals surface area (Å²) >= 11 is 0. The van der Waals surface area contributed by atoms with Crippen LogP contribution in [0.15, 0.2) is 24.3 Å². The molecule has 13 heteroatoms. The Morgan fingerprint density at radius 1 is 0.673 bits per heavy atom. The first-order valence-electron chi connectivity index (χ1n) is 21.3. The van der Waals surface area contributed by atoms with Gasteiger partial charge in [-0.3, -0.25) is 4.79 Å². The van der Waals surface area contributed by atoms with Crippen LogP contribution in [0.2, 0.25) is 0 Å². The highest BCUT2D eigenvalue weighted by molar-refractivity contribution is 5.70. The number of rotatable bonds is 2. The quantitative estimate of drug-likeness (QED) is 0.312. The summed E-state index contributed by atoms with van der Waals surface area (Å²) in [6, 6.07) is 0. The largest absolute Gasteiger partial charge is 0.459 e. The lowest BCUT2D eigenvalue weighted by Gasteiger charge is -2.51. The first-order chi connectivity index (χ1) is 26.5. The van der Waals surface area contributed by atoms with Gasteiger partial charge in [0.15, 0.2) is 5.79 Å². The zero-order valence-electron chi connectivity index (χ0n) is 32.2. The third-order valence-electron chi connectivity index (χ3n) is 14.8. The number of hydrogen-bond donors (Lipinski definition) is 2. The van der Waals surface area contributed by atoms with Gasteiger partial charge in [-0.2, -0.15) is 0 Å². The molecule has 1 spiro atoms. The molecule has 0 aromatic carbocycles. The van der Waals surface area contributed by atoms with Gasteiger partial charge in [-0.15, -0.1) is 0 Å². The van der Waals surface area contributed by atoms with Crippen LogP contribution in [0.1, 0.15) is 97.3 Å². The third-order valence-corrected chi connectivity index (χ3v) is 14.8. The van der Waals surface area contributed by atoms with E-state index in [1.54, 1.807) is 0 Å². The van der Waals surface area contributed by atoms with Crippen molar-refractivity contribution in [2.45, 2.75) is 213 Å². The van der Waals surface area contributed by atoms with E-state index in [0.29, 0.717) is 38.5 Å². The maximum absolute atomic E-state index is 14.0. The van der Waals surface area contributed by atoms with Crippen LogP contribution in [-0.4, -0.2) is 138 Å². The van der Waals surface area contributed by atoms with Crippen LogP contribution in [0.4, 0.5) is 0 Å². The monoisotopic (exact) mass is 772 g/mol. The molecule has 0 aromatic heterocycles. The predicted molar refractivity (Wildman–Crippen MR) is 193 cm³/mol. The average Bonchev–Trinajstić information content (AvgIpc) is 3.74. The van der Waals surface area contributed by atoms with Gasteiger partial charge in [-0.1, -0.05) is 27.0 Å². The summed E-state index contributed by atoms with van der Waals surface area (Å²) in [5.41, 5.74) is 2.14. The van der Waals surface area contributed by atoms with Gasteiger partial charge in [-0.05, 0) is 68.4 Å². The Kier molecular flexibility index (Phi) is 10.1. The van der Waals surface area contributed by atoms with E-state index >= 15 is 0 Å². The van der Waals surface area contributed by atoms with Crippen molar-refractivity contribution >= 4 is 5.97 Å². The van der Waals surface area contributed by atoms with Crippen LogP contribution in [0.5, 0.6) is 0 Å². The minimum absolute atomic E-state index is 0.00281. The van der Waals surface area contributed by atoms with Gasteiger partial charge in [0.1, 0.15) is 36.6 Å². The molecule has 11 rings (SSSR count). The van der Waals surface area contributed by atoms with E-state index in [2.05, 4.69) is 20.1 Å². The molecule has 11 saturated heterocycles. The molecular formula is C42H60O13. The lowest BCUT2D eigenvalue weighted by Crippen LogP contribution is -2.62. The molecule has 11 aliphatic heterocycles. The van der Waals surface area contributed by atoms with E-state index in [9.17, 15) is 15.0 Å². The lowest BCUT2D eigenvalue weighted by atomic mass is 9.79. The van der Waals surface area contributed by atoms with Crippen LogP contribution in [0, 0.1) is 11.8 Å². The number of esters is 1. The fourth-order valence-corrected chi connectivity index (χ4v) is 11.9. The van der Waals surface area contributed by atoms with Crippen molar-refractivity contribution in [2.24, 2.45) is 11.8 Å². The van der Waals surface area contributed by atoms with Crippen LogP contribution >= 0.6 is 0 Å². The Labute approximate surface area is 323 Å². The van der Waals surface area contributed by atoms with Gasteiger partial charge in [0, 0.05) is 38.2 Å². The van der Waals surface area contributed by atoms with Crippen LogP contribution in [-0.2, 0) is 52.2 Å². The number of hydrogen-bond acceptors (Lipinski definition) is 13. The van der Waals surface area contributed by atoms with Gasteiger partial charge in [0.25, 0.3) is 0 Å². The van der Waals surface area contributed by atoms with Crippen molar-refractivity contribution < 1.29 is 62.4 Å². The van der Waals surface area contributed by atoms with Gasteiger partial charge in [0.2, 0.25) is 0 Å². The molecular weight excluding hydrogens is 712 g/mol. The second-order valence-corrected chi connectivity index (χ2v) is 18.5. The average molecular weight is 773 g/mol. The summed E-state index contributed by atoms with van der Waals surface area (Å²) in [6.07, 6.45) is 2.38. The number of carbonyl (C=O) groups is 1. The summed E-state index contributed by atoms with van der Waals surface area (Å²) in [7, 11) is 0. The molecule has 0 aliphatic carbocycles. The topological polar surface area (TPSA) is 150 Å². The number of ether oxygens (including phenoxy) is 10. The summed E-state index contributed by atoms with van der Waals surface area (Å²) in [6.45, 7) is 13.1. The van der Waals surface area contributed by atoms with Gasteiger partial charge >= 0.3 is 5.97 Å². The highest BCUT2D eigenvalue weighted by Crippen LogP contribution is 2.54. The maximum atomic E-state index is 14.0. The molecule has 306 valence electrons. The molecule has 0 radical (unpaired) electrons. The van der Waals surface area contributed by atoms with Crippen molar-refractivity contribution in [3.05, 3.63) is 24.3 Å². The van der Waals surface area contributed by atoms with Gasteiger partial charge in [0.05, 0.1) is 79.7 Å². The highest BCUT2D eigenvalue weighted by atomic mass is 16.8. The minimum atomic E-state index is -0.808. The molecule has 0 aromatic rings. The van der Waals surface area contributed by atoms with E-state index in [0.717, 1.165) is 49.7 Å². The number of carbonyl (C=O) groups excluding carboxylic acids is 1. The molecule has 13 nitrogen and oxygen atoms in total. The Balaban J connectivity index is 0.934. The van der Waals surface area contributed by atoms with E-state index in [-0.39, 0.29) is 98.0 Å². The molecule has 55 heavy (non-hydrogen) atoms. The summed E-state index contributed by atoms with van der Waals surface area (Å²) in [4.78, 5) is 14.0. The molecule has 11 fully saturated rings. The molecule has 11 aliphatic rings. The molecule has 6 unspecified atom stereocenters. The Bertz CT molecular complexity index is 1490. The van der Waals surface area contributed by atoms with E-state index < -0.39 is 48.5 Å². The fourth-order valence-electron chi connectivity index (χ4n) is 11.9. The second kappa shape index (κ2) is 14.7. The van der Waals surface area contributed by atoms with E-state index in [1.165, 1.54) is 0 Å². The summed E-state index contributed by atoms with van der Waals surface area (Å²) in [5.74, 6) is -1.18. The van der Waals surface area contributed by atoms with Crippen LogP contribution in [0.25, 0.3) is 0 Å². The minimum Gasteiger partial charge on any atom is -0.459 e. The van der Waals surface area contributed by atoms with Gasteiger partial charge in [-0.25, -0.2) is 0 Å². The fraction of sp³-hybridized carbons (Fsp3) is 0.881. The van der Waals surface area contributed by atoms with E-state index in [4.69, 9.17) is 47.4 Å². The van der Waals surface area contributed by atoms with Crippen molar-refractivity contribution in [3.63, 3.8) is 0 Å².